The van der Waals surface area contributed by atoms with Gasteiger partial charge in [0.2, 0.25) is 0 Å². The summed E-state index contributed by atoms with van der Waals surface area (Å²) in [5, 5.41) is 4.67. The summed E-state index contributed by atoms with van der Waals surface area (Å²) in [6.07, 6.45) is 5.41. The highest BCUT2D eigenvalue weighted by Gasteiger charge is 2.23. The smallest absolute Gasteiger partial charge is 0.159 e. The first-order valence-corrected chi connectivity index (χ1v) is 18.7. The molecule has 4 nitrogen and oxygen atoms in total. The number of nitrogens with zero attached hydrogens (tertiary/aromatic N) is 3. The number of hydrogen-bond donors (Lipinski definition) is 0. The van der Waals surface area contributed by atoms with Gasteiger partial charge in [-0.2, -0.15) is 0 Å². The molecule has 0 fully saturated rings. The highest BCUT2D eigenvalue weighted by atomic mass is 16.3. The van der Waals surface area contributed by atoms with Gasteiger partial charge in [0.1, 0.15) is 11.4 Å². The van der Waals surface area contributed by atoms with Gasteiger partial charge in [0.05, 0.1) is 28.1 Å². The lowest BCUT2D eigenvalue weighted by Gasteiger charge is -2.16. The number of furan rings is 1. The van der Waals surface area contributed by atoms with Gasteiger partial charge in [0.25, 0.3) is 0 Å². The molecule has 1 aliphatic rings. The van der Waals surface area contributed by atoms with Crippen LogP contribution < -0.4 is 0 Å². The summed E-state index contributed by atoms with van der Waals surface area (Å²) in [5.41, 5.74) is 14.3. The zero-order valence-electron chi connectivity index (χ0n) is 29.8. The van der Waals surface area contributed by atoms with Crippen LogP contribution >= 0.6 is 0 Å². The predicted molar refractivity (Wildman–Crippen MR) is 223 cm³/mol. The van der Waals surface area contributed by atoms with E-state index in [4.69, 9.17) is 9.40 Å². The molecule has 0 saturated heterocycles. The van der Waals surface area contributed by atoms with Crippen molar-refractivity contribution in [1.82, 2.24) is 14.1 Å². The Kier molecular flexibility index (Phi) is 6.86. The largest absolute Gasteiger partial charge is 0.454 e. The van der Waals surface area contributed by atoms with Crippen LogP contribution in [0.15, 0.2) is 174 Å². The van der Waals surface area contributed by atoms with Gasteiger partial charge in [0, 0.05) is 32.8 Å². The fourth-order valence-corrected chi connectivity index (χ4v) is 8.47. The fourth-order valence-electron chi connectivity index (χ4n) is 8.47. The van der Waals surface area contributed by atoms with Gasteiger partial charge >= 0.3 is 0 Å². The maximum atomic E-state index is 6.83. The molecule has 1 atom stereocenters. The number of aromatic nitrogens is 3. The second kappa shape index (κ2) is 12.1. The SMILES string of the molecule is CC1C=Cc2nc(-c3ccc(-c4ccc5c(c4)oc4c(-n6c7ccccc7c7cc(-c8ccccc8)ccc76)cccc45)cc3)n(-c3ccccc3)c2C1. The second-order valence-corrected chi connectivity index (χ2v) is 14.5. The summed E-state index contributed by atoms with van der Waals surface area (Å²) in [4.78, 5) is 5.14. The number of para-hydroxylation sites is 3. The van der Waals surface area contributed by atoms with Gasteiger partial charge < -0.3 is 8.98 Å². The lowest BCUT2D eigenvalue weighted by atomic mass is 9.98. The Balaban J connectivity index is 1.00. The highest BCUT2D eigenvalue weighted by Crippen LogP contribution is 2.40. The van der Waals surface area contributed by atoms with Crippen molar-refractivity contribution in [2.45, 2.75) is 13.3 Å². The Morgan fingerprint density at radius 3 is 2.06 bits per heavy atom. The van der Waals surface area contributed by atoms with Crippen molar-refractivity contribution in [2.75, 3.05) is 0 Å². The lowest BCUT2D eigenvalue weighted by Crippen LogP contribution is -2.09. The molecule has 7 aromatic carbocycles. The molecule has 4 heteroatoms. The maximum absolute atomic E-state index is 6.83. The predicted octanol–water partition coefficient (Wildman–Crippen LogP) is 13.1. The quantitative estimate of drug-likeness (QED) is 0.180. The molecule has 0 amide bonds. The monoisotopic (exact) mass is 693 g/mol. The van der Waals surface area contributed by atoms with Crippen LogP contribution in [0, 0.1) is 5.92 Å². The van der Waals surface area contributed by atoms with Gasteiger partial charge in [-0.1, -0.05) is 128 Å². The molecule has 3 heterocycles. The average Bonchev–Trinajstić information content (AvgIpc) is 3.90. The lowest BCUT2D eigenvalue weighted by molar-refractivity contribution is 0.666. The molecule has 256 valence electrons. The minimum Gasteiger partial charge on any atom is -0.454 e. The van der Waals surface area contributed by atoms with E-state index in [1.807, 2.05) is 0 Å². The molecular weight excluding hydrogens is 659 g/mol. The number of allylic oxidation sites excluding steroid dienone is 1. The van der Waals surface area contributed by atoms with Crippen molar-refractivity contribution in [2.24, 2.45) is 5.92 Å². The Morgan fingerprint density at radius 1 is 0.537 bits per heavy atom. The number of benzene rings is 7. The first kappa shape index (κ1) is 30.7. The third-order valence-electron chi connectivity index (χ3n) is 11.1. The van der Waals surface area contributed by atoms with Crippen molar-refractivity contribution < 1.29 is 4.42 Å². The van der Waals surface area contributed by atoms with Crippen LogP contribution in [-0.2, 0) is 6.42 Å². The van der Waals surface area contributed by atoms with Crippen molar-refractivity contribution in [3.8, 4) is 45.0 Å². The molecule has 11 rings (SSSR count). The van der Waals surface area contributed by atoms with Gasteiger partial charge in [-0.05, 0) is 89.2 Å². The maximum Gasteiger partial charge on any atom is 0.159 e. The molecular formula is C50H35N3O. The van der Waals surface area contributed by atoms with E-state index in [1.54, 1.807) is 0 Å². The number of rotatable bonds is 5. The van der Waals surface area contributed by atoms with Crippen LogP contribution in [0.5, 0.6) is 0 Å². The van der Waals surface area contributed by atoms with Crippen molar-refractivity contribution in [3.63, 3.8) is 0 Å². The van der Waals surface area contributed by atoms with E-state index < -0.39 is 0 Å². The van der Waals surface area contributed by atoms with E-state index in [0.717, 1.165) is 79.0 Å². The molecule has 3 aromatic heterocycles. The summed E-state index contributed by atoms with van der Waals surface area (Å²) >= 11 is 0. The fraction of sp³-hybridized carbons (Fsp3) is 0.0600. The molecule has 54 heavy (non-hydrogen) atoms. The van der Waals surface area contributed by atoms with E-state index in [2.05, 4.69) is 192 Å². The van der Waals surface area contributed by atoms with Crippen LogP contribution in [0.4, 0.5) is 0 Å². The van der Waals surface area contributed by atoms with Crippen LogP contribution in [0.3, 0.4) is 0 Å². The average molecular weight is 694 g/mol. The minimum absolute atomic E-state index is 0.478. The second-order valence-electron chi connectivity index (χ2n) is 14.5. The molecule has 1 unspecified atom stereocenters. The van der Waals surface area contributed by atoms with Crippen LogP contribution in [0.1, 0.15) is 18.3 Å². The number of imidazole rings is 1. The number of hydrogen-bond acceptors (Lipinski definition) is 2. The molecule has 0 saturated carbocycles. The summed E-state index contributed by atoms with van der Waals surface area (Å²) in [7, 11) is 0. The van der Waals surface area contributed by atoms with Gasteiger partial charge in [-0.3, -0.25) is 4.57 Å². The van der Waals surface area contributed by atoms with Crippen molar-refractivity contribution in [3.05, 3.63) is 181 Å². The van der Waals surface area contributed by atoms with E-state index in [0.29, 0.717) is 5.92 Å². The highest BCUT2D eigenvalue weighted by molar-refractivity contribution is 6.13. The topological polar surface area (TPSA) is 35.9 Å². The van der Waals surface area contributed by atoms with Crippen LogP contribution in [0.2, 0.25) is 0 Å². The molecule has 0 spiro atoms. The first-order chi connectivity index (χ1) is 26.7. The normalized spacial score (nSPS) is 14.1. The molecule has 0 radical (unpaired) electrons. The van der Waals surface area contributed by atoms with E-state index >= 15 is 0 Å². The molecule has 0 bridgehead atoms. The summed E-state index contributed by atoms with van der Waals surface area (Å²) in [6, 6.07) is 58.5. The Bertz CT molecular complexity index is 3070. The molecule has 0 N–H and O–H groups in total. The summed E-state index contributed by atoms with van der Waals surface area (Å²) in [6.45, 7) is 2.27. The third-order valence-corrected chi connectivity index (χ3v) is 11.1. The molecule has 10 aromatic rings. The third kappa shape index (κ3) is 4.80. The van der Waals surface area contributed by atoms with Gasteiger partial charge in [-0.15, -0.1) is 0 Å². The van der Waals surface area contributed by atoms with Crippen LogP contribution in [0.25, 0.3) is 94.8 Å². The number of fused-ring (bicyclic) bond motifs is 7. The Labute approximate surface area is 312 Å². The minimum atomic E-state index is 0.478. The van der Waals surface area contributed by atoms with Gasteiger partial charge in [0.15, 0.2) is 5.58 Å². The standard InChI is InChI=1S/C50H35N3O/c1-32-19-27-43-47(29-32)52(38-13-6-3-7-14-38)50(51-43)35-22-20-34(21-23-35)37-24-26-40-41-16-10-18-46(49(41)54-48(40)31-37)53-44-17-9-8-15-39(44)42-30-36(25-28-45(42)53)33-11-4-2-5-12-33/h2-28,30-32H,29H2,1H3. The van der Waals surface area contributed by atoms with Gasteiger partial charge in [-0.25, -0.2) is 4.98 Å². The molecule has 0 aliphatic heterocycles. The Hall–Kier alpha value is -6.91. The van der Waals surface area contributed by atoms with E-state index in [9.17, 15) is 0 Å². The van der Waals surface area contributed by atoms with Crippen LogP contribution in [-0.4, -0.2) is 14.1 Å². The van der Waals surface area contributed by atoms with Crippen molar-refractivity contribution in [1.29, 1.82) is 0 Å². The van der Waals surface area contributed by atoms with Crippen molar-refractivity contribution >= 4 is 49.8 Å². The summed E-state index contributed by atoms with van der Waals surface area (Å²) in [5.74, 6) is 1.45. The van der Waals surface area contributed by atoms with E-state index in [1.165, 1.54) is 27.6 Å². The zero-order chi connectivity index (χ0) is 35.8. The van der Waals surface area contributed by atoms with E-state index in [-0.39, 0.29) is 0 Å². The Morgan fingerprint density at radius 2 is 1.20 bits per heavy atom. The molecule has 1 aliphatic carbocycles. The first-order valence-electron chi connectivity index (χ1n) is 18.7. The zero-order valence-corrected chi connectivity index (χ0v) is 29.8. The summed E-state index contributed by atoms with van der Waals surface area (Å²) < 4.78 is 11.5.